The standard InChI is InChI=1S/C21H19N7/c1-3-16-5-7-22-18(16)9-14(1)11-24-20-6-8-23-21(28-20)25-12-15-2-4-17-19(10-15)27-13-26-17/h1-10,13,22H,11-12H2,(H,26,27)(H2,23,24,25,28). The van der Waals surface area contributed by atoms with Crippen molar-refractivity contribution in [2.75, 3.05) is 10.6 Å². The molecular weight excluding hydrogens is 350 g/mol. The zero-order chi connectivity index (χ0) is 18.8. The van der Waals surface area contributed by atoms with E-state index in [0.717, 1.165) is 27.9 Å². The molecule has 4 N–H and O–H groups in total. The molecule has 0 atom stereocenters. The van der Waals surface area contributed by atoms with E-state index in [-0.39, 0.29) is 0 Å². The summed E-state index contributed by atoms with van der Waals surface area (Å²) >= 11 is 0. The van der Waals surface area contributed by atoms with Crippen LogP contribution >= 0.6 is 0 Å². The van der Waals surface area contributed by atoms with Gasteiger partial charge in [0.2, 0.25) is 5.95 Å². The van der Waals surface area contributed by atoms with Crippen LogP contribution in [0.5, 0.6) is 0 Å². The highest BCUT2D eigenvalue weighted by molar-refractivity contribution is 5.80. The normalized spacial score (nSPS) is 11.1. The first-order chi connectivity index (χ1) is 13.8. The molecule has 0 fully saturated rings. The van der Waals surface area contributed by atoms with Gasteiger partial charge in [0.05, 0.1) is 17.4 Å². The van der Waals surface area contributed by atoms with Gasteiger partial charge >= 0.3 is 0 Å². The van der Waals surface area contributed by atoms with Gasteiger partial charge in [-0.3, -0.25) is 0 Å². The average molecular weight is 369 g/mol. The fourth-order valence-electron chi connectivity index (χ4n) is 3.21. The third-order valence-corrected chi connectivity index (χ3v) is 4.68. The van der Waals surface area contributed by atoms with Gasteiger partial charge < -0.3 is 20.6 Å². The van der Waals surface area contributed by atoms with E-state index in [1.165, 1.54) is 10.9 Å². The number of rotatable bonds is 6. The Bertz CT molecular complexity index is 1140. The summed E-state index contributed by atoms with van der Waals surface area (Å²) in [5.41, 5.74) is 5.45. The Kier molecular flexibility index (Phi) is 4.10. The van der Waals surface area contributed by atoms with E-state index in [0.29, 0.717) is 19.0 Å². The predicted octanol–water partition coefficient (Wildman–Crippen LogP) is 4.06. The van der Waals surface area contributed by atoms with Crippen LogP contribution < -0.4 is 10.6 Å². The molecule has 3 heterocycles. The zero-order valence-electron chi connectivity index (χ0n) is 15.1. The van der Waals surface area contributed by atoms with E-state index >= 15 is 0 Å². The molecule has 2 aromatic carbocycles. The lowest BCUT2D eigenvalue weighted by atomic mass is 10.1. The average Bonchev–Trinajstić information content (AvgIpc) is 3.39. The molecule has 0 bridgehead atoms. The quantitative estimate of drug-likeness (QED) is 0.362. The molecule has 28 heavy (non-hydrogen) atoms. The summed E-state index contributed by atoms with van der Waals surface area (Å²) in [7, 11) is 0. The SMILES string of the molecule is c1cc(NCc2ccc3cc[nH]c3c2)nc(NCc2ccc3nc[nH]c3c2)n1. The molecule has 138 valence electrons. The summed E-state index contributed by atoms with van der Waals surface area (Å²) < 4.78 is 0. The van der Waals surface area contributed by atoms with Crippen molar-refractivity contribution in [3.05, 3.63) is 78.4 Å². The van der Waals surface area contributed by atoms with Gasteiger partial charge in [-0.1, -0.05) is 18.2 Å². The summed E-state index contributed by atoms with van der Waals surface area (Å²) in [6.07, 6.45) is 5.41. The van der Waals surface area contributed by atoms with Crippen LogP contribution in [0, 0.1) is 0 Å². The maximum absolute atomic E-state index is 4.55. The minimum atomic E-state index is 0.592. The molecule has 0 spiro atoms. The van der Waals surface area contributed by atoms with Gasteiger partial charge in [-0.2, -0.15) is 4.98 Å². The summed E-state index contributed by atoms with van der Waals surface area (Å²) in [4.78, 5) is 19.5. The highest BCUT2D eigenvalue weighted by atomic mass is 15.1. The first-order valence-electron chi connectivity index (χ1n) is 9.12. The van der Waals surface area contributed by atoms with Gasteiger partial charge in [-0.25, -0.2) is 9.97 Å². The fourth-order valence-corrected chi connectivity index (χ4v) is 3.21. The van der Waals surface area contributed by atoms with E-state index < -0.39 is 0 Å². The largest absolute Gasteiger partial charge is 0.366 e. The highest BCUT2D eigenvalue weighted by Crippen LogP contribution is 2.16. The Hall–Kier alpha value is -3.87. The monoisotopic (exact) mass is 369 g/mol. The van der Waals surface area contributed by atoms with Crippen molar-refractivity contribution in [1.29, 1.82) is 0 Å². The lowest BCUT2D eigenvalue weighted by Crippen LogP contribution is -2.06. The number of aromatic nitrogens is 5. The first-order valence-corrected chi connectivity index (χ1v) is 9.12. The Morgan fingerprint density at radius 1 is 0.786 bits per heavy atom. The van der Waals surface area contributed by atoms with Crippen LogP contribution in [-0.2, 0) is 13.1 Å². The van der Waals surface area contributed by atoms with Crippen molar-refractivity contribution < 1.29 is 0 Å². The summed E-state index contributed by atoms with van der Waals surface area (Å²) in [6.45, 7) is 1.34. The van der Waals surface area contributed by atoms with Crippen molar-refractivity contribution >= 4 is 33.7 Å². The van der Waals surface area contributed by atoms with Crippen LogP contribution in [0.1, 0.15) is 11.1 Å². The van der Waals surface area contributed by atoms with Crippen molar-refractivity contribution in [1.82, 2.24) is 24.9 Å². The maximum Gasteiger partial charge on any atom is 0.224 e. The molecule has 0 saturated carbocycles. The Morgan fingerprint density at radius 3 is 2.61 bits per heavy atom. The van der Waals surface area contributed by atoms with Gasteiger partial charge in [0, 0.05) is 31.0 Å². The van der Waals surface area contributed by atoms with Crippen LogP contribution in [0.3, 0.4) is 0 Å². The van der Waals surface area contributed by atoms with Gasteiger partial charge in [0.1, 0.15) is 5.82 Å². The predicted molar refractivity (Wildman–Crippen MR) is 111 cm³/mol. The van der Waals surface area contributed by atoms with Crippen molar-refractivity contribution in [3.63, 3.8) is 0 Å². The first kappa shape index (κ1) is 16.3. The van der Waals surface area contributed by atoms with Crippen LogP contribution in [0.15, 0.2) is 67.3 Å². The second-order valence-corrected chi connectivity index (χ2v) is 6.63. The van der Waals surface area contributed by atoms with Gasteiger partial charge in [-0.05, 0) is 46.8 Å². The second-order valence-electron chi connectivity index (χ2n) is 6.63. The topological polar surface area (TPSA) is 94.3 Å². The van der Waals surface area contributed by atoms with Crippen LogP contribution in [-0.4, -0.2) is 24.9 Å². The third-order valence-electron chi connectivity index (χ3n) is 4.68. The Labute approximate surface area is 161 Å². The Balaban J connectivity index is 1.23. The molecule has 5 aromatic rings. The lowest BCUT2D eigenvalue weighted by molar-refractivity contribution is 1.04. The van der Waals surface area contributed by atoms with E-state index in [4.69, 9.17) is 0 Å². The molecule has 0 aliphatic rings. The van der Waals surface area contributed by atoms with Crippen LogP contribution in [0.25, 0.3) is 21.9 Å². The number of anilines is 2. The number of imidazole rings is 1. The number of hydrogen-bond acceptors (Lipinski definition) is 5. The molecular formula is C21H19N7. The zero-order valence-corrected chi connectivity index (χ0v) is 15.1. The molecule has 3 aromatic heterocycles. The van der Waals surface area contributed by atoms with Crippen LogP contribution in [0.2, 0.25) is 0 Å². The number of H-pyrrole nitrogens is 2. The second kappa shape index (κ2) is 7.03. The van der Waals surface area contributed by atoms with Gasteiger partial charge in [0.15, 0.2) is 0 Å². The number of fused-ring (bicyclic) bond motifs is 2. The molecule has 0 radical (unpaired) electrons. The summed E-state index contributed by atoms with van der Waals surface area (Å²) in [6, 6.07) is 16.5. The lowest BCUT2D eigenvalue weighted by Gasteiger charge is -2.09. The molecule has 0 amide bonds. The molecule has 7 nitrogen and oxygen atoms in total. The van der Waals surface area contributed by atoms with Crippen molar-refractivity contribution in [2.24, 2.45) is 0 Å². The van der Waals surface area contributed by atoms with E-state index in [1.807, 2.05) is 18.3 Å². The molecule has 0 aliphatic heterocycles. The number of benzene rings is 2. The minimum absolute atomic E-state index is 0.592. The van der Waals surface area contributed by atoms with E-state index in [1.54, 1.807) is 12.5 Å². The van der Waals surface area contributed by atoms with Crippen molar-refractivity contribution in [3.8, 4) is 0 Å². The molecule has 5 rings (SSSR count). The van der Waals surface area contributed by atoms with Crippen LogP contribution in [0.4, 0.5) is 11.8 Å². The summed E-state index contributed by atoms with van der Waals surface area (Å²) in [5, 5.41) is 7.85. The fraction of sp³-hybridized carbons (Fsp3) is 0.0952. The maximum atomic E-state index is 4.55. The Morgan fingerprint density at radius 2 is 1.64 bits per heavy atom. The smallest absolute Gasteiger partial charge is 0.224 e. The van der Waals surface area contributed by atoms with Crippen molar-refractivity contribution in [2.45, 2.75) is 13.1 Å². The number of nitrogens with one attached hydrogen (secondary N) is 4. The minimum Gasteiger partial charge on any atom is -0.366 e. The molecule has 7 heteroatoms. The van der Waals surface area contributed by atoms with Gasteiger partial charge in [0.25, 0.3) is 0 Å². The molecule has 0 saturated heterocycles. The van der Waals surface area contributed by atoms with E-state index in [2.05, 4.69) is 72.0 Å². The van der Waals surface area contributed by atoms with Gasteiger partial charge in [-0.15, -0.1) is 0 Å². The number of aromatic amines is 2. The van der Waals surface area contributed by atoms with E-state index in [9.17, 15) is 0 Å². The highest BCUT2D eigenvalue weighted by Gasteiger charge is 2.03. The molecule has 0 aliphatic carbocycles. The number of hydrogen-bond donors (Lipinski definition) is 4. The number of nitrogens with zero attached hydrogens (tertiary/aromatic N) is 3. The molecule has 0 unspecified atom stereocenters. The third kappa shape index (κ3) is 3.37. The summed E-state index contributed by atoms with van der Waals surface area (Å²) in [5.74, 6) is 1.38.